The number of aliphatic imine (C=N–C) groups is 1. The lowest BCUT2D eigenvalue weighted by atomic mass is 9.94. The molecule has 0 radical (unpaired) electrons. The van der Waals surface area contributed by atoms with Crippen LogP contribution >= 0.6 is 24.0 Å². The van der Waals surface area contributed by atoms with Crippen molar-refractivity contribution in [2.24, 2.45) is 10.7 Å². The predicted molar refractivity (Wildman–Crippen MR) is 105 cm³/mol. The molecular formula is C17H25IN4O. The molecular weight excluding hydrogens is 403 g/mol. The second-order valence-corrected chi connectivity index (χ2v) is 6.57. The SMILES string of the molecule is Cc1cc(C)cc(NC(N)=NCc2ncc(C(C)(C)C)o2)c1.I. The van der Waals surface area contributed by atoms with E-state index in [-0.39, 0.29) is 29.4 Å². The summed E-state index contributed by atoms with van der Waals surface area (Å²) in [6.45, 7) is 10.7. The maximum absolute atomic E-state index is 5.92. The second kappa shape index (κ2) is 7.81. The molecule has 0 unspecified atom stereocenters. The second-order valence-electron chi connectivity index (χ2n) is 6.57. The highest BCUT2D eigenvalue weighted by molar-refractivity contribution is 14.0. The van der Waals surface area contributed by atoms with Gasteiger partial charge in [-0.05, 0) is 37.1 Å². The summed E-state index contributed by atoms with van der Waals surface area (Å²) >= 11 is 0. The van der Waals surface area contributed by atoms with Crippen molar-refractivity contribution < 1.29 is 4.42 Å². The van der Waals surface area contributed by atoms with Crippen LogP contribution in [0.2, 0.25) is 0 Å². The van der Waals surface area contributed by atoms with Gasteiger partial charge in [0.1, 0.15) is 12.3 Å². The molecule has 0 amide bonds. The first-order chi connectivity index (χ1) is 10.2. The lowest BCUT2D eigenvalue weighted by Gasteiger charge is -2.12. The molecule has 0 saturated heterocycles. The Morgan fingerprint density at radius 1 is 1.22 bits per heavy atom. The van der Waals surface area contributed by atoms with Gasteiger partial charge in [-0.2, -0.15) is 0 Å². The number of halogens is 1. The van der Waals surface area contributed by atoms with Crippen molar-refractivity contribution in [2.75, 3.05) is 5.32 Å². The highest BCUT2D eigenvalue weighted by Gasteiger charge is 2.18. The van der Waals surface area contributed by atoms with E-state index in [4.69, 9.17) is 10.2 Å². The molecule has 0 aliphatic carbocycles. The quantitative estimate of drug-likeness (QED) is 0.438. The summed E-state index contributed by atoms with van der Waals surface area (Å²) < 4.78 is 5.69. The van der Waals surface area contributed by atoms with Crippen molar-refractivity contribution >= 4 is 35.6 Å². The molecule has 2 rings (SSSR count). The van der Waals surface area contributed by atoms with Gasteiger partial charge in [0.05, 0.1) is 6.20 Å². The first kappa shape index (κ1) is 19.5. The topological polar surface area (TPSA) is 76.4 Å². The smallest absolute Gasteiger partial charge is 0.216 e. The van der Waals surface area contributed by atoms with Crippen LogP contribution in [0.4, 0.5) is 5.69 Å². The Kier molecular flexibility index (Phi) is 6.61. The number of anilines is 1. The summed E-state index contributed by atoms with van der Waals surface area (Å²) in [5, 5.41) is 3.09. The first-order valence-electron chi connectivity index (χ1n) is 7.34. The zero-order valence-electron chi connectivity index (χ0n) is 14.3. The highest BCUT2D eigenvalue weighted by atomic mass is 127. The molecule has 0 bridgehead atoms. The number of nitrogens with two attached hydrogens (primary N) is 1. The fourth-order valence-corrected chi connectivity index (χ4v) is 2.12. The Morgan fingerprint density at radius 2 is 1.83 bits per heavy atom. The summed E-state index contributed by atoms with van der Waals surface area (Å²) in [7, 11) is 0. The van der Waals surface area contributed by atoms with Crippen LogP contribution < -0.4 is 11.1 Å². The lowest BCUT2D eigenvalue weighted by Crippen LogP contribution is -2.22. The standard InChI is InChI=1S/C17H24N4O.HI/c1-11-6-12(2)8-13(7-11)21-16(18)20-10-15-19-9-14(22-15)17(3,4)5;/h6-9H,10H2,1-5H3,(H3,18,20,21);1H. The number of rotatable bonds is 3. The number of hydrogen-bond donors (Lipinski definition) is 2. The minimum Gasteiger partial charge on any atom is -0.443 e. The summed E-state index contributed by atoms with van der Waals surface area (Å²) in [6.07, 6.45) is 1.75. The van der Waals surface area contributed by atoms with Crippen LogP contribution in [0.1, 0.15) is 43.5 Å². The van der Waals surface area contributed by atoms with Gasteiger partial charge in [-0.1, -0.05) is 26.8 Å². The van der Waals surface area contributed by atoms with Gasteiger partial charge >= 0.3 is 0 Å². The Balaban J connectivity index is 0.00000264. The van der Waals surface area contributed by atoms with Crippen LogP contribution in [0.25, 0.3) is 0 Å². The van der Waals surface area contributed by atoms with E-state index in [0.717, 1.165) is 11.4 Å². The van der Waals surface area contributed by atoms with Gasteiger partial charge in [-0.15, -0.1) is 24.0 Å². The van der Waals surface area contributed by atoms with E-state index in [9.17, 15) is 0 Å². The van der Waals surface area contributed by atoms with Crippen LogP contribution in [0.15, 0.2) is 33.8 Å². The van der Waals surface area contributed by atoms with E-state index in [1.165, 1.54) is 11.1 Å². The van der Waals surface area contributed by atoms with Crippen molar-refractivity contribution in [1.82, 2.24) is 4.98 Å². The van der Waals surface area contributed by atoms with E-state index in [0.29, 0.717) is 18.4 Å². The molecule has 0 fully saturated rings. The van der Waals surface area contributed by atoms with Gasteiger partial charge in [-0.25, -0.2) is 9.98 Å². The third-order valence-corrected chi connectivity index (χ3v) is 3.17. The Hall–Kier alpha value is -1.57. The highest BCUT2D eigenvalue weighted by Crippen LogP contribution is 2.22. The van der Waals surface area contributed by atoms with Crippen molar-refractivity contribution in [1.29, 1.82) is 0 Å². The van der Waals surface area contributed by atoms with Crippen LogP contribution in [0.5, 0.6) is 0 Å². The minimum atomic E-state index is -0.0577. The average Bonchev–Trinajstić information content (AvgIpc) is 2.83. The Bertz CT molecular complexity index is 666. The van der Waals surface area contributed by atoms with E-state index < -0.39 is 0 Å². The molecule has 126 valence electrons. The zero-order valence-corrected chi connectivity index (χ0v) is 16.6. The fourth-order valence-electron chi connectivity index (χ4n) is 2.12. The van der Waals surface area contributed by atoms with Crippen LogP contribution in [-0.2, 0) is 12.0 Å². The number of aryl methyl sites for hydroxylation is 2. The van der Waals surface area contributed by atoms with Crippen LogP contribution in [-0.4, -0.2) is 10.9 Å². The number of benzene rings is 1. The van der Waals surface area contributed by atoms with Gasteiger partial charge in [-0.3, -0.25) is 0 Å². The number of nitrogens with zero attached hydrogens (tertiary/aromatic N) is 2. The molecule has 3 N–H and O–H groups in total. The molecule has 5 nitrogen and oxygen atoms in total. The van der Waals surface area contributed by atoms with E-state index >= 15 is 0 Å². The van der Waals surface area contributed by atoms with Crippen molar-refractivity contribution in [3.8, 4) is 0 Å². The molecule has 0 saturated carbocycles. The van der Waals surface area contributed by atoms with Gasteiger partial charge in [0.2, 0.25) is 5.89 Å². The molecule has 1 heterocycles. The number of oxazole rings is 1. The summed E-state index contributed by atoms with van der Waals surface area (Å²) in [5.74, 6) is 1.76. The molecule has 1 aromatic heterocycles. The largest absolute Gasteiger partial charge is 0.443 e. The molecule has 0 aliphatic rings. The maximum atomic E-state index is 5.92. The average molecular weight is 428 g/mol. The van der Waals surface area contributed by atoms with Gasteiger partial charge in [0, 0.05) is 11.1 Å². The number of guanidine groups is 1. The number of nitrogens with one attached hydrogen (secondary N) is 1. The molecule has 2 aromatic rings. The summed E-state index contributed by atoms with van der Waals surface area (Å²) in [5.41, 5.74) is 9.15. The fraction of sp³-hybridized carbons (Fsp3) is 0.412. The lowest BCUT2D eigenvalue weighted by molar-refractivity contribution is 0.383. The monoisotopic (exact) mass is 428 g/mol. The first-order valence-corrected chi connectivity index (χ1v) is 7.34. The van der Waals surface area contributed by atoms with Gasteiger partial charge in [0.15, 0.2) is 5.96 Å². The maximum Gasteiger partial charge on any atom is 0.216 e. The number of hydrogen-bond acceptors (Lipinski definition) is 3. The zero-order chi connectivity index (χ0) is 16.3. The normalized spacial score (nSPS) is 12.0. The Labute approximate surface area is 154 Å². The van der Waals surface area contributed by atoms with Crippen molar-refractivity contribution in [3.63, 3.8) is 0 Å². The Morgan fingerprint density at radius 3 is 2.35 bits per heavy atom. The van der Waals surface area contributed by atoms with E-state index in [1.807, 2.05) is 26.0 Å². The van der Waals surface area contributed by atoms with E-state index in [2.05, 4.69) is 42.1 Å². The molecule has 0 spiro atoms. The summed E-state index contributed by atoms with van der Waals surface area (Å²) in [6, 6.07) is 6.16. The number of aromatic nitrogens is 1. The third kappa shape index (κ3) is 5.85. The molecule has 1 aromatic carbocycles. The van der Waals surface area contributed by atoms with Crippen molar-refractivity contribution in [3.05, 3.63) is 47.2 Å². The van der Waals surface area contributed by atoms with Crippen molar-refractivity contribution in [2.45, 2.75) is 46.6 Å². The van der Waals surface area contributed by atoms with Crippen LogP contribution in [0.3, 0.4) is 0 Å². The molecule has 6 heteroatoms. The molecule has 23 heavy (non-hydrogen) atoms. The third-order valence-electron chi connectivity index (χ3n) is 3.17. The molecule has 0 atom stereocenters. The summed E-state index contributed by atoms with van der Waals surface area (Å²) in [4.78, 5) is 8.50. The predicted octanol–water partition coefficient (Wildman–Crippen LogP) is 4.13. The van der Waals surface area contributed by atoms with Crippen LogP contribution in [0, 0.1) is 13.8 Å². The van der Waals surface area contributed by atoms with E-state index in [1.54, 1.807) is 6.20 Å². The molecule has 0 aliphatic heterocycles. The minimum absolute atomic E-state index is 0. The van der Waals surface area contributed by atoms with Gasteiger partial charge in [0.25, 0.3) is 0 Å². The van der Waals surface area contributed by atoms with Gasteiger partial charge < -0.3 is 15.5 Å².